The zero-order chi connectivity index (χ0) is 52.5. The van der Waals surface area contributed by atoms with E-state index < -0.39 is 25.3 Å². The summed E-state index contributed by atoms with van der Waals surface area (Å²) in [4.78, 5) is 8.72. The van der Waals surface area contributed by atoms with Crippen LogP contribution in [0.2, 0.25) is 0 Å². The van der Waals surface area contributed by atoms with Gasteiger partial charge in [0.15, 0.2) is 0 Å². The minimum Gasteiger partial charge on any atom is -0.509 e. The van der Waals surface area contributed by atoms with Gasteiger partial charge in [-0.2, -0.15) is 6.07 Å². The van der Waals surface area contributed by atoms with Crippen LogP contribution in [-0.2, 0) is 21.1 Å². The standard InChI is InChI=1S/C62H49F2N4O.Pt/c1-38(2)54-32-45(44-28-47(63)34-48(64)29-44)33-55(39(3)4)62(54)67-37-66(57-20-12-13-21-58(57)67)49-30-46(61-40(5)26-43(27-41(61)6)42-16-8-7-9-17-42)31-51(35-49)69-50-23-24-53-52-18-10-11-19-56(52)68(59(53)36-50)60-22-14-15-25-65-60;/h7-34,37-39H,1-6H3;/q-3;/i5D3,6D3;. The van der Waals surface area contributed by atoms with Crippen LogP contribution >= 0.6 is 0 Å². The number of benzene rings is 8. The number of nitrogens with zero attached hydrogens (tertiary/aromatic N) is 4. The molecule has 0 saturated carbocycles. The van der Waals surface area contributed by atoms with Gasteiger partial charge in [0.25, 0.3) is 0 Å². The molecular formula is C62H49F2N4OPt-3. The Hall–Kier alpha value is -7.34. The van der Waals surface area contributed by atoms with Crippen LogP contribution in [-0.4, -0.2) is 9.55 Å². The average molecular weight is 1110 g/mol. The third-order valence-electron chi connectivity index (χ3n) is 12.8. The average Bonchev–Trinajstić information content (AvgIpc) is 4.04. The molecule has 0 fully saturated rings. The number of hydrogen-bond donors (Lipinski definition) is 0. The number of fused-ring (bicyclic) bond motifs is 4. The van der Waals surface area contributed by atoms with Crippen LogP contribution in [0.15, 0.2) is 170 Å². The normalized spacial score (nSPS) is 13.9. The van der Waals surface area contributed by atoms with Gasteiger partial charge in [0.1, 0.15) is 17.5 Å². The summed E-state index contributed by atoms with van der Waals surface area (Å²) in [5, 5.41) is 1.92. The maximum Gasteiger partial charge on any atom is 0.135 e. The van der Waals surface area contributed by atoms with E-state index in [1.54, 1.807) is 30.5 Å². The summed E-state index contributed by atoms with van der Waals surface area (Å²) in [6.07, 6.45) is 1.73. The van der Waals surface area contributed by atoms with E-state index in [-0.39, 0.29) is 60.9 Å². The summed E-state index contributed by atoms with van der Waals surface area (Å²) in [5.74, 6) is -0.237. The zero-order valence-electron chi connectivity index (χ0n) is 44.7. The van der Waals surface area contributed by atoms with Gasteiger partial charge < -0.3 is 19.1 Å². The number of pyridine rings is 1. The fourth-order valence-electron chi connectivity index (χ4n) is 9.59. The summed E-state index contributed by atoms with van der Waals surface area (Å²) in [7, 11) is 0. The third kappa shape index (κ3) is 8.47. The first-order valence-corrected chi connectivity index (χ1v) is 22.9. The van der Waals surface area contributed by atoms with Gasteiger partial charge in [0.05, 0.1) is 0 Å². The Morgan fingerprint density at radius 2 is 1.20 bits per heavy atom. The Balaban J connectivity index is 0.00000657. The van der Waals surface area contributed by atoms with Gasteiger partial charge in [-0.25, -0.2) is 13.8 Å². The monoisotopic (exact) mass is 1100 g/mol. The van der Waals surface area contributed by atoms with Gasteiger partial charge in [-0.1, -0.05) is 112 Å². The molecule has 0 aliphatic carbocycles. The topological polar surface area (TPSA) is 33.5 Å². The molecule has 350 valence electrons. The van der Waals surface area contributed by atoms with Crippen molar-refractivity contribution in [3.05, 3.63) is 223 Å². The van der Waals surface area contributed by atoms with Crippen LogP contribution in [0.25, 0.3) is 61.0 Å². The van der Waals surface area contributed by atoms with E-state index in [0.717, 1.165) is 50.5 Å². The van der Waals surface area contributed by atoms with E-state index in [4.69, 9.17) is 13.0 Å². The van der Waals surface area contributed by atoms with Crippen molar-refractivity contribution in [3.63, 3.8) is 0 Å². The van der Waals surface area contributed by atoms with Crippen LogP contribution < -0.4 is 14.5 Å². The molecule has 0 amide bonds. The van der Waals surface area contributed by atoms with Crippen LogP contribution in [0.1, 0.15) is 70.0 Å². The molecule has 0 atom stereocenters. The van der Waals surface area contributed by atoms with Gasteiger partial charge in [-0.05, 0) is 136 Å². The van der Waals surface area contributed by atoms with Gasteiger partial charge in [-0.15, -0.1) is 53.6 Å². The molecule has 0 N–H and O–H groups in total. The number of rotatable bonds is 10. The van der Waals surface area contributed by atoms with Gasteiger partial charge >= 0.3 is 0 Å². The van der Waals surface area contributed by atoms with Gasteiger partial charge in [-0.3, -0.25) is 0 Å². The summed E-state index contributed by atoms with van der Waals surface area (Å²) in [6.45, 7) is 4.75. The zero-order valence-corrected chi connectivity index (χ0v) is 40.9. The maximum absolute atomic E-state index is 14.7. The minimum absolute atomic E-state index is 0. The second kappa shape index (κ2) is 18.9. The Morgan fingerprint density at radius 3 is 1.87 bits per heavy atom. The van der Waals surface area contributed by atoms with E-state index in [1.165, 1.54) is 12.1 Å². The van der Waals surface area contributed by atoms with Gasteiger partial charge in [0.2, 0.25) is 0 Å². The molecule has 0 spiro atoms. The van der Waals surface area contributed by atoms with Crippen molar-refractivity contribution in [3.8, 4) is 50.7 Å². The first-order valence-electron chi connectivity index (χ1n) is 25.9. The molecule has 2 aromatic heterocycles. The van der Waals surface area contributed by atoms with Crippen molar-refractivity contribution >= 4 is 44.6 Å². The number of anilines is 4. The van der Waals surface area contributed by atoms with Crippen molar-refractivity contribution in [1.82, 2.24) is 9.55 Å². The van der Waals surface area contributed by atoms with Crippen molar-refractivity contribution in [2.45, 2.75) is 53.2 Å². The van der Waals surface area contributed by atoms with Crippen LogP contribution in [0.5, 0.6) is 11.5 Å². The maximum atomic E-state index is 14.7. The molecule has 8 heteroatoms. The van der Waals surface area contributed by atoms with E-state index in [1.807, 2.05) is 137 Å². The molecule has 5 nitrogen and oxygen atoms in total. The number of aromatic nitrogens is 2. The van der Waals surface area contributed by atoms with Crippen molar-refractivity contribution in [2.75, 3.05) is 9.80 Å². The molecule has 11 rings (SSSR count). The number of halogens is 2. The first-order chi connectivity index (χ1) is 35.9. The molecule has 8 aromatic carbocycles. The van der Waals surface area contributed by atoms with Crippen molar-refractivity contribution in [1.29, 1.82) is 0 Å². The van der Waals surface area contributed by atoms with E-state index in [9.17, 15) is 8.78 Å². The largest absolute Gasteiger partial charge is 0.509 e. The molecule has 0 saturated heterocycles. The smallest absolute Gasteiger partial charge is 0.135 e. The molecule has 0 radical (unpaired) electrons. The fraction of sp³-hybridized carbons (Fsp3) is 0.129. The predicted molar refractivity (Wildman–Crippen MR) is 278 cm³/mol. The first kappa shape index (κ1) is 39.5. The van der Waals surface area contributed by atoms with E-state index in [0.29, 0.717) is 45.0 Å². The van der Waals surface area contributed by atoms with Crippen LogP contribution in [0.3, 0.4) is 0 Å². The summed E-state index contributed by atoms with van der Waals surface area (Å²) >= 11 is 0. The Bertz CT molecular complexity index is 3740. The van der Waals surface area contributed by atoms with Crippen LogP contribution in [0, 0.1) is 44.1 Å². The van der Waals surface area contributed by atoms with E-state index >= 15 is 0 Å². The molecule has 0 unspecified atom stereocenters. The molecule has 3 heterocycles. The quantitative estimate of drug-likeness (QED) is 0.128. The third-order valence-corrected chi connectivity index (χ3v) is 12.8. The predicted octanol–water partition coefficient (Wildman–Crippen LogP) is 17.1. The summed E-state index contributed by atoms with van der Waals surface area (Å²) in [5.41, 5.74) is 8.64. The summed E-state index contributed by atoms with van der Waals surface area (Å²) < 4.78 is 91.9. The van der Waals surface area contributed by atoms with Gasteiger partial charge in [0, 0.05) is 75.6 Å². The molecule has 0 bridgehead atoms. The number of hydrogen-bond acceptors (Lipinski definition) is 4. The Kier molecular flexibility index (Phi) is 10.6. The molecule has 70 heavy (non-hydrogen) atoms. The van der Waals surface area contributed by atoms with Crippen molar-refractivity contribution < 1.29 is 42.8 Å². The number of para-hydroxylation sites is 3. The molecular weight excluding hydrogens is 1050 g/mol. The molecule has 10 aromatic rings. The molecule has 1 aliphatic rings. The second-order valence-electron chi connectivity index (χ2n) is 18.0. The number of aryl methyl sites for hydroxylation is 2. The summed E-state index contributed by atoms with van der Waals surface area (Å²) in [6, 6.07) is 55.5. The molecule has 1 aliphatic heterocycles. The fourth-order valence-corrected chi connectivity index (χ4v) is 9.59. The SMILES string of the molecule is [2H]C([2H])([2H])c1cc(-c2ccccc2)cc(C([2H])([2H])[2H])c1-c1cc(Oc2[c-]c3c(cc2)c2ccccc2n3-c2ccccn2)[c-]c(N2[CH-]N(c3c(C(C)C)cc(-c4cc(F)cc(F)c4)cc3C(C)C)c3ccccc32)c1.[Pt]. The Labute approximate surface area is 431 Å². The Morgan fingerprint density at radius 1 is 0.571 bits per heavy atom. The second-order valence-corrected chi connectivity index (χ2v) is 18.0. The number of ether oxygens (including phenoxy) is 1. The van der Waals surface area contributed by atoms with E-state index in [2.05, 4.69) is 49.7 Å². The minimum atomic E-state index is -2.76. The van der Waals surface area contributed by atoms with Crippen molar-refractivity contribution in [2.24, 2.45) is 0 Å². The van der Waals surface area contributed by atoms with Crippen LogP contribution in [0.4, 0.5) is 31.5 Å².